The van der Waals surface area contributed by atoms with Gasteiger partial charge in [-0.25, -0.2) is 4.79 Å². The molecule has 0 amide bonds. The topological polar surface area (TPSA) is 59.9 Å². The van der Waals surface area contributed by atoms with Gasteiger partial charge in [-0.2, -0.15) is 5.10 Å². The van der Waals surface area contributed by atoms with E-state index in [0.717, 1.165) is 11.1 Å². The molecule has 2 aromatic rings. The third-order valence-corrected chi connectivity index (χ3v) is 3.80. The van der Waals surface area contributed by atoms with Crippen molar-refractivity contribution in [2.45, 2.75) is 6.54 Å². The van der Waals surface area contributed by atoms with Crippen LogP contribution in [-0.2, 0) is 16.1 Å². The van der Waals surface area contributed by atoms with E-state index in [0.29, 0.717) is 22.3 Å². The first-order valence-electron chi connectivity index (χ1n) is 7.08. The highest BCUT2D eigenvalue weighted by Gasteiger charge is 2.04. The largest absolute Gasteiger partial charge is 0.482 e. The smallest absolute Gasteiger partial charge is 0.343 e. The lowest BCUT2D eigenvalue weighted by molar-refractivity contribution is -0.142. The van der Waals surface area contributed by atoms with Gasteiger partial charge in [0.1, 0.15) is 5.75 Å². The number of carbonyl (C=O) groups is 1. The third kappa shape index (κ3) is 5.44. The van der Waals surface area contributed by atoms with E-state index in [2.05, 4.69) is 15.3 Å². The van der Waals surface area contributed by atoms with E-state index in [4.69, 9.17) is 27.9 Å². The first-order chi connectivity index (χ1) is 11.6. The molecule has 0 radical (unpaired) electrons. The van der Waals surface area contributed by atoms with Gasteiger partial charge in [0.05, 0.1) is 19.9 Å². The van der Waals surface area contributed by atoms with Gasteiger partial charge in [0.15, 0.2) is 6.61 Å². The summed E-state index contributed by atoms with van der Waals surface area (Å²) in [7, 11) is 1.31. The Kier molecular flexibility index (Phi) is 6.90. The zero-order valence-electron chi connectivity index (χ0n) is 13.0. The number of hydrogen-bond acceptors (Lipinski definition) is 5. The number of esters is 1. The molecule has 5 nitrogen and oxygen atoms in total. The van der Waals surface area contributed by atoms with Crippen LogP contribution in [0.4, 0.5) is 0 Å². The summed E-state index contributed by atoms with van der Waals surface area (Å²) in [5.74, 6) is 0.149. The molecule has 1 N–H and O–H groups in total. The van der Waals surface area contributed by atoms with Crippen LogP contribution in [0.1, 0.15) is 11.1 Å². The summed E-state index contributed by atoms with van der Waals surface area (Å²) in [4.78, 5) is 11.0. The Bertz CT molecular complexity index is 698. The Morgan fingerprint density at radius 1 is 1.17 bits per heavy atom. The van der Waals surface area contributed by atoms with Gasteiger partial charge in [0.2, 0.25) is 0 Å². The number of benzene rings is 2. The van der Waals surface area contributed by atoms with Crippen LogP contribution in [0.3, 0.4) is 0 Å². The van der Waals surface area contributed by atoms with E-state index in [1.165, 1.54) is 7.11 Å². The van der Waals surface area contributed by atoms with Crippen LogP contribution in [0.2, 0.25) is 10.0 Å². The van der Waals surface area contributed by atoms with Crippen LogP contribution in [0.5, 0.6) is 5.75 Å². The number of nitrogens with one attached hydrogen (secondary N) is 1. The number of ether oxygens (including phenoxy) is 2. The van der Waals surface area contributed by atoms with Gasteiger partial charge in [-0.1, -0.05) is 29.3 Å². The molecule has 0 saturated heterocycles. The van der Waals surface area contributed by atoms with Crippen molar-refractivity contribution >= 4 is 35.4 Å². The Hall–Kier alpha value is -2.24. The summed E-state index contributed by atoms with van der Waals surface area (Å²) in [5, 5.41) is 5.32. The Morgan fingerprint density at radius 2 is 1.83 bits per heavy atom. The quantitative estimate of drug-likeness (QED) is 0.461. The highest BCUT2D eigenvalue weighted by molar-refractivity contribution is 6.35. The minimum Gasteiger partial charge on any atom is -0.482 e. The molecule has 0 aromatic heterocycles. The fourth-order valence-corrected chi connectivity index (χ4v) is 2.33. The first kappa shape index (κ1) is 18.1. The summed E-state index contributed by atoms with van der Waals surface area (Å²) in [6, 6.07) is 12.5. The minimum atomic E-state index is -0.428. The van der Waals surface area contributed by atoms with Gasteiger partial charge in [-0.05, 0) is 42.0 Å². The number of nitrogens with zero attached hydrogens (tertiary/aromatic N) is 1. The van der Waals surface area contributed by atoms with Crippen LogP contribution in [-0.4, -0.2) is 25.9 Å². The molecule has 0 saturated carbocycles. The molecule has 0 fully saturated rings. The molecule has 0 spiro atoms. The fourth-order valence-electron chi connectivity index (χ4n) is 1.80. The number of hydrogen-bond donors (Lipinski definition) is 1. The van der Waals surface area contributed by atoms with E-state index in [1.54, 1.807) is 36.5 Å². The second-order valence-electron chi connectivity index (χ2n) is 4.73. The van der Waals surface area contributed by atoms with Crippen molar-refractivity contribution in [2.75, 3.05) is 13.7 Å². The molecule has 7 heteroatoms. The molecule has 0 unspecified atom stereocenters. The highest BCUT2D eigenvalue weighted by Crippen LogP contribution is 2.23. The molecule has 126 valence electrons. The summed E-state index contributed by atoms with van der Waals surface area (Å²) in [5.41, 5.74) is 4.57. The predicted molar refractivity (Wildman–Crippen MR) is 94.8 cm³/mol. The molecule has 0 aliphatic heterocycles. The Labute approximate surface area is 150 Å². The first-order valence-corrected chi connectivity index (χ1v) is 7.84. The Morgan fingerprint density at radius 3 is 2.46 bits per heavy atom. The van der Waals surface area contributed by atoms with Gasteiger partial charge in [0, 0.05) is 15.6 Å². The van der Waals surface area contributed by atoms with Crippen molar-refractivity contribution < 1.29 is 14.3 Å². The Balaban J connectivity index is 1.85. The lowest BCUT2D eigenvalue weighted by Gasteiger charge is -2.06. The van der Waals surface area contributed by atoms with Crippen molar-refractivity contribution in [3.05, 3.63) is 63.6 Å². The lowest BCUT2D eigenvalue weighted by atomic mass is 10.2. The summed E-state index contributed by atoms with van der Waals surface area (Å²) >= 11 is 12.2. The fraction of sp³-hybridized carbons (Fsp3) is 0.176. The van der Waals surface area contributed by atoms with Crippen molar-refractivity contribution in [1.29, 1.82) is 0 Å². The zero-order valence-corrected chi connectivity index (χ0v) is 14.5. The van der Waals surface area contributed by atoms with Gasteiger partial charge < -0.3 is 14.9 Å². The molecule has 0 heterocycles. The SMILES string of the molecule is COC(=O)COc1ccc(/C=N/NCc2c(Cl)cccc2Cl)cc1. The average Bonchev–Trinajstić information content (AvgIpc) is 2.59. The normalized spacial score (nSPS) is 10.6. The maximum Gasteiger partial charge on any atom is 0.343 e. The minimum absolute atomic E-state index is 0.121. The van der Waals surface area contributed by atoms with E-state index in [9.17, 15) is 4.79 Å². The van der Waals surface area contributed by atoms with Crippen LogP contribution in [0.25, 0.3) is 0 Å². The molecule has 2 rings (SSSR count). The summed E-state index contributed by atoms with van der Waals surface area (Å²) in [6.45, 7) is 0.305. The van der Waals surface area contributed by atoms with Crippen LogP contribution < -0.4 is 10.2 Å². The van der Waals surface area contributed by atoms with Crippen LogP contribution >= 0.6 is 23.2 Å². The second kappa shape index (κ2) is 9.15. The molecule has 0 aliphatic carbocycles. The van der Waals surface area contributed by atoms with E-state index in [-0.39, 0.29) is 6.61 Å². The van der Waals surface area contributed by atoms with Crippen LogP contribution in [0.15, 0.2) is 47.6 Å². The number of halogens is 2. The lowest BCUT2D eigenvalue weighted by Crippen LogP contribution is -2.12. The van der Waals surface area contributed by atoms with Gasteiger partial charge in [-0.3, -0.25) is 0 Å². The number of methoxy groups -OCH3 is 1. The van der Waals surface area contributed by atoms with Gasteiger partial charge in [-0.15, -0.1) is 0 Å². The molecule has 0 bridgehead atoms. The molecule has 0 aliphatic rings. The average molecular weight is 367 g/mol. The van der Waals surface area contributed by atoms with Gasteiger partial charge in [0.25, 0.3) is 0 Å². The maximum atomic E-state index is 11.0. The second-order valence-corrected chi connectivity index (χ2v) is 5.54. The molecule has 0 atom stereocenters. The van der Waals surface area contributed by atoms with E-state index < -0.39 is 5.97 Å². The third-order valence-electron chi connectivity index (χ3n) is 3.09. The number of hydrazone groups is 1. The number of carbonyl (C=O) groups excluding carboxylic acids is 1. The van der Waals surface area contributed by atoms with Crippen molar-refractivity contribution in [3.63, 3.8) is 0 Å². The zero-order chi connectivity index (χ0) is 17.4. The van der Waals surface area contributed by atoms with Crippen molar-refractivity contribution in [1.82, 2.24) is 5.43 Å². The highest BCUT2D eigenvalue weighted by atomic mass is 35.5. The van der Waals surface area contributed by atoms with Crippen molar-refractivity contribution in [2.24, 2.45) is 5.10 Å². The molecular formula is C17H16Cl2N2O3. The molecular weight excluding hydrogens is 351 g/mol. The predicted octanol–water partition coefficient (Wildman–Crippen LogP) is 3.67. The monoisotopic (exact) mass is 366 g/mol. The molecule has 2 aromatic carbocycles. The standard InChI is InChI=1S/C17H16Cl2N2O3/c1-23-17(22)11-24-13-7-5-12(6-8-13)9-20-21-10-14-15(18)3-2-4-16(14)19/h2-9,21H,10-11H2,1H3/b20-9+. The van der Waals surface area contributed by atoms with Gasteiger partial charge >= 0.3 is 5.97 Å². The summed E-state index contributed by atoms with van der Waals surface area (Å²) < 4.78 is 9.76. The van der Waals surface area contributed by atoms with E-state index in [1.807, 2.05) is 12.1 Å². The number of rotatable bonds is 7. The van der Waals surface area contributed by atoms with E-state index >= 15 is 0 Å². The molecule has 24 heavy (non-hydrogen) atoms. The van der Waals surface area contributed by atoms with Crippen LogP contribution in [0, 0.1) is 0 Å². The van der Waals surface area contributed by atoms with Crippen molar-refractivity contribution in [3.8, 4) is 5.75 Å². The summed E-state index contributed by atoms with van der Waals surface area (Å²) in [6.07, 6.45) is 1.66. The maximum absolute atomic E-state index is 11.0.